The Morgan fingerprint density at radius 2 is 1.94 bits per heavy atom. The average Bonchev–Trinajstić information content (AvgIpc) is 2.97. The third-order valence-electron chi connectivity index (χ3n) is 5.15. The van der Waals surface area contributed by atoms with Gasteiger partial charge < -0.3 is 20.1 Å². The van der Waals surface area contributed by atoms with Gasteiger partial charge in [0.2, 0.25) is 11.8 Å². The Labute approximate surface area is 195 Å². The topological polar surface area (TPSA) is 125 Å². The van der Waals surface area contributed by atoms with E-state index in [1.165, 1.54) is 16.7 Å². The summed E-state index contributed by atoms with van der Waals surface area (Å²) in [6, 6.07) is 4.92. The number of carbonyl (C=O) groups is 4. The van der Waals surface area contributed by atoms with Crippen molar-refractivity contribution in [2.45, 2.75) is 61.9 Å². The number of alkyl halides is 1. The van der Waals surface area contributed by atoms with Crippen LogP contribution in [0.2, 0.25) is 0 Å². The number of β-lactam (4-membered cyclic amide) rings is 1. The van der Waals surface area contributed by atoms with Crippen molar-refractivity contribution in [3.05, 3.63) is 29.8 Å². The fraction of sp³-hybridized carbons (Fsp3) is 0.524. The molecular formula is C21H26ClN3O6S. The van der Waals surface area contributed by atoms with Gasteiger partial charge in [0, 0.05) is 11.6 Å². The molecule has 3 amide bonds. The van der Waals surface area contributed by atoms with Crippen molar-refractivity contribution in [2.24, 2.45) is 0 Å². The number of nitrogens with one attached hydrogen (secondary N) is 2. The molecule has 2 saturated heterocycles. The molecule has 11 heteroatoms. The van der Waals surface area contributed by atoms with Crippen LogP contribution >= 0.6 is 23.4 Å². The van der Waals surface area contributed by atoms with Gasteiger partial charge in [-0.1, -0.05) is 18.2 Å². The molecule has 0 radical (unpaired) electrons. The number of benzene rings is 1. The van der Waals surface area contributed by atoms with Crippen LogP contribution in [0.15, 0.2) is 24.3 Å². The second kappa shape index (κ2) is 8.82. The molecule has 0 aromatic heterocycles. The van der Waals surface area contributed by atoms with Gasteiger partial charge in [0.1, 0.15) is 23.1 Å². The number of anilines is 1. The number of carbonyl (C=O) groups excluding carboxylic acids is 3. The maximum absolute atomic E-state index is 12.7. The van der Waals surface area contributed by atoms with E-state index in [0.717, 1.165) is 0 Å². The molecule has 0 saturated carbocycles. The Balaban J connectivity index is 1.66. The lowest BCUT2D eigenvalue weighted by Crippen LogP contribution is -2.70. The zero-order valence-corrected chi connectivity index (χ0v) is 19.7. The fourth-order valence-electron chi connectivity index (χ4n) is 3.75. The second-order valence-electron chi connectivity index (χ2n) is 8.95. The molecule has 2 heterocycles. The highest BCUT2D eigenvalue weighted by atomic mass is 35.5. The highest BCUT2D eigenvalue weighted by Crippen LogP contribution is 2.51. The van der Waals surface area contributed by atoms with E-state index in [9.17, 15) is 24.3 Å². The number of thioether (sulfide) groups is 1. The van der Waals surface area contributed by atoms with E-state index in [0.29, 0.717) is 11.3 Å². The molecule has 174 valence electrons. The summed E-state index contributed by atoms with van der Waals surface area (Å²) in [5.41, 5.74) is 0.305. The van der Waals surface area contributed by atoms with E-state index < -0.39 is 51.7 Å². The van der Waals surface area contributed by atoms with Gasteiger partial charge >= 0.3 is 12.1 Å². The molecule has 2 fully saturated rings. The molecule has 1 aromatic carbocycles. The van der Waals surface area contributed by atoms with Crippen LogP contribution in [-0.4, -0.2) is 67.6 Å². The van der Waals surface area contributed by atoms with Crippen molar-refractivity contribution in [3.63, 3.8) is 0 Å². The van der Waals surface area contributed by atoms with Gasteiger partial charge in [-0.3, -0.25) is 14.9 Å². The van der Waals surface area contributed by atoms with Crippen LogP contribution in [0.1, 0.15) is 33.3 Å². The molecule has 0 unspecified atom stereocenters. The lowest BCUT2D eigenvalue weighted by atomic mass is 9.95. The smallest absolute Gasteiger partial charge is 0.412 e. The SMILES string of the molecule is CC(C)(C)OC(=O)Nc1ccccc1CC(=O)N[C@@H]1C(=O)N2[C@@H]1S[C@@](C)(CCl)[C@@H]2C(=O)O. The Bertz CT molecular complexity index is 952. The second-order valence-corrected chi connectivity index (χ2v) is 10.9. The molecule has 9 nitrogen and oxygen atoms in total. The van der Waals surface area contributed by atoms with Crippen molar-refractivity contribution in [3.8, 4) is 0 Å². The van der Waals surface area contributed by atoms with E-state index >= 15 is 0 Å². The number of rotatable bonds is 6. The van der Waals surface area contributed by atoms with E-state index in [-0.39, 0.29) is 12.3 Å². The number of halogens is 1. The molecule has 3 rings (SSSR count). The van der Waals surface area contributed by atoms with Crippen molar-refractivity contribution >= 4 is 52.9 Å². The third-order valence-corrected chi connectivity index (χ3v) is 7.51. The number of nitrogens with zero attached hydrogens (tertiary/aromatic N) is 1. The maximum atomic E-state index is 12.7. The minimum atomic E-state index is -1.12. The summed E-state index contributed by atoms with van der Waals surface area (Å²) in [5, 5.41) is 14.4. The summed E-state index contributed by atoms with van der Waals surface area (Å²) in [7, 11) is 0. The normalized spacial score (nSPS) is 26.7. The van der Waals surface area contributed by atoms with Crippen LogP contribution in [0.3, 0.4) is 0 Å². The van der Waals surface area contributed by atoms with Crippen LogP contribution in [-0.2, 0) is 25.5 Å². The van der Waals surface area contributed by atoms with Crippen LogP contribution < -0.4 is 10.6 Å². The van der Waals surface area contributed by atoms with Gasteiger partial charge in [-0.25, -0.2) is 9.59 Å². The molecule has 0 bridgehead atoms. The molecular weight excluding hydrogens is 458 g/mol. The first-order valence-corrected chi connectivity index (χ1v) is 11.4. The van der Waals surface area contributed by atoms with Crippen LogP contribution in [0, 0.1) is 0 Å². The third kappa shape index (κ3) is 4.80. The van der Waals surface area contributed by atoms with Crippen molar-refractivity contribution in [1.82, 2.24) is 10.2 Å². The van der Waals surface area contributed by atoms with Crippen LogP contribution in [0.5, 0.6) is 0 Å². The van der Waals surface area contributed by atoms with Crippen molar-refractivity contribution in [1.29, 1.82) is 0 Å². The van der Waals surface area contributed by atoms with E-state index in [2.05, 4.69) is 10.6 Å². The van der Waals surface area contributed by atoms with Gasteiger partial charge in [0.25, 0.3) is 0 Å². The maximum Gasteiger partial charge on any atom is 0.412 e. The summed E-state index contributed by atoms with van der Waals surface area (Å²) in [6.07, 6.45) is -0.722. The highest BCUT2D eigenvalue weighted by molar-refractivity contribution is 8.01. The van der Waals surface area contributed by atoms with Crippen LogP contribution in [0.25, 0.3) is 0 Å². The van der Waals surface area contributed by atoms with Gasteiger partial charge in [-0.2, -0.15) is 0 Å². The van der Waals surface area contributed by atoms with E-state index in [1.54, 1.807) is 52.0 Å². The van der Waals surface area contributed by atoms with Gasteiger partial charge in [-0.15, -0.1) is 23.4 Å². The number of hydrogen-bond acceptors (Lipinski definition) is 6. The van der Waals surface area contributed by atoms with E-state index in [1.807, 2.05) is 0 Å². The number of amides is 3. The summed E-state index contributed by atoms with van der Waals surface area (Å²) >= 11 is 7.28. The zero-order chi connectivity index (χ0) is 23.8. The number of aliphatic carboxylic acids is 1. The predicted octanol–water partition coefficient (Wildman–Crippen LogP) is 2.43. The number of carboxylic acids is 1. The summed E-state index contributed by atoms with van der Waals surface area (Å²) in [4.78, 5) is 50.4. The summed E-state index contributed by atoms with van der Waals surface area (Å²) < 4.78 is 4.40. The molecule has 2 aliphatic rings. The van der Waals surface area contributed by atoms with Gasteiger partial charge in [0.15, 0.2) is 0 Å². The molecule has 4 atom stereocenters. The Kier molecular flexibility index (Phi) is 6.67. The largest absolute Gasteiger partial charge is 0.480 e. The number of fused-ring (bicyclic) bond motifs is 1. The first-order valence-electron chi connectivity index (χ1n) is 10.0. The molecule has 2 aliphatic heterocycles. The molecule has 32 heavy (non-hydrogen) atoms. The lowest BCUT2D eigenvalue weighted by Gasteiger charge is -2.43. The van der Waals surface area contributed by atoms with Crippen LogP contribution in [0.4, 0.5) is 10.5 Å². The minimum absolute atomic E-state index is 0.0549. The predicted molar refractivity (Wildman–Crippen MR) is 121 cm³/mol. The molecule has 0 aliphatic carbocycles. The number of carboxylic acid groups (broad SMARTS) is 1. The lowest BCUT2D eigenvalue weighted by molar-refractivity contribution is -0.161. The van der Waals surface area contributed by atoms with Gasteiger partial charge in [-0.05, 0) is 39.3 Å². The molecule has 0 spiro atoms. The molecule has 1 aromatic rings. The monoisotopic (exact) mass is 483 g/mol. The van der Waals surface area contributed by atoms with E-state index in [4.69, 9.17) is 16.3 Å². The fourth-order valence-corrected chi connectivity index (χ4v) is 5.70. The standard InChI is InChI=1S/C21H26ClN3O6S/c1-20(2,3)31-19(30)23-12-8-6-5-7-11(12)9-13(26)24-14-16(27)25-15(18(28)29)21(4,10-22)32-17(14)25/h5-8,14-15,17H,9-10H2,1-4H3,(H,23,30)(H,24,26)(H,28,29)/t14-,15+,17-,21+/m1/s1. The minimum Gasteiger partial charge on any atom is -0.480 e. The summed E-state index contributed by atoms with van der Waals surface area (Å²) in [5.74, 6) is -1.94. The molecule has 3 N–H and O–H groups in total. The number of para-hydroxylation sites is 1. The number of ether oxygens (including phenoxy) is 1. The Morgan fingerprint density at radius 1 is 1.28 bits per heavy atom. The average molecular weight is 484 g/mol. The van der Waals surface area contributed by atoms with Crippen molar-refractivity contribution in [2.75, 3.05) is 11.2 Å². The Morgan fingerprint density at radius 3 is 2.53 bits per heavy atom. The van der Waals surface area contributed by atoms with Crippen molar-refractivity contribution < 1.29 is 29.0 Å². The highest BCUT2D eigenvalue weighted by Gasteiger charge is 2.65. The number of hydrogen-bond donors (Lipinski definition) is 3. The quantitative estimate of drug-likeness (QED) is 0.419. The Hall–Kier alpha value is -2.46. The first-order chi connectivity index (χ1) is 14.9. The zero-order valence-electron chi connectivity index (χ0n) is 18.2. The first kappa shape index (κ1) is 24.2. The van der Waals surface area contributed by atoms with Gasteiger partial charge in [0.05, 0.1) is 11.2 Å². The summed E-state index contributed by atoms with van der Waals surface area (Å²) in [6.45, 7) is 6.94.